The Labute approximate surface area is 180 Å². The summed E-state index contributed by atoms with van der Waals surface area (Å²) in [6.45, 7) is 4.91. The van der Waals surface area contributed by atoms with Crippen LogP contribution in [0.2, 0.25) is 0 Å². The van der Waals surface area contributed by atoms with Gasteiger partial charge in [0, 0.05) is 43.7 Å². The SMILES string of the molecule is Cc1ncc([C@@H]2CCON2C(=O)C2CCN(c3nccc(C4COC4)n3)CC2)cc1F. The molecule has 0 aliphatic carbocycles. The van der Waals surface area contributed by atoms with Gasteiger partial charge in [-0.2, -0.15) is 0 Å². The largest absolute Gasteiger partial charge is 0.380 e. The van der Waals surface area contributed by atoms with Crippen molar-refractivity contribution in [3.8, 4) is 0 Å². The number of piperidine rings is 1. The highest BCUT2D eigenvalue weighted by Crippen LogP contribution is 2.34. The first-order chi connectivity index (χ1) is 15.1. The molecule has 0 N–H and O–H groups in total. The lowest BCUT2D eigenvalue weighted by Gasteiger charge is -2.34. The zero-order valence-electron chi connectivity index (χ0n) is 17.5. The zero-order chi connectivity index (χ0) is 21.4. The number of carbonyl (C=O) groups excluding carboxylic acids is 1. The summed E-state index contributed by atoms with van der Waals surface area (Å²) < 4.78 is 19.3. The molecule has 164 valence electrons. The van der Waals surface area contributed by atoms with Gasteiger partial charge in [0.25, 0.3) is 0 Å². The molecule has 0 radical (unpaired) electrons. The molecule has 0 bridgehead atoms. The minimum Gasteiger partial charge on any atom is -0.380 e. The van der Waals surface area contributed by atoms with E-state index in [-0.39, 0.29) is 23.7 Å². The lowest BCUT2D eigenvalue weighted by Crippen LogP contribution is -2.42. The van der Waals surface area contributed by atoms with Gasteiger partial charge in [-0.1, -0.05) is 0 Å². The van der Waals surface area contributed by atoms with Crippen LogP contribution in [-0.2, 0) is 14.4 Å². The summed E-state index contributed by atoms with van der Waals surface area (Å²) in [6.07, 6.45) is 5.47. The molecule has 5 heterocycles. The minimum absolute atomic E-state index is 0.0376. The average molecular weight is 427 g/mol. The second-order valence-electron chi connectivity index (χ2n) is 8.41. The van der Waals surface area contributed by atoms with Crippen LogP contribution in [0.25, 0.3) is 0 Å². The molecule has 8 nitrogen and oxygen atoms in total. The monoisotopic (exact) mass is 427 g/mol. The van der Waals surface area contributed by atoms with Gasteiger partial charge in [-0.15, -0.1) is 0 Å². The van der Waals surface area contributed by atoms with Crippen molar-refractivity contribution in [2.45, 2.75) is 38.1 Å². The predicted molar refractivity (Wildman–Crippen MR) is 110 cm³/mol. The van der Waals surface area contributed by atoms with Crippen molar-refractivity contribution in [3.63, 3.8) is 0 Å². The van der Waals surface area contributed by atoms with E-state index in [0.717, 1.165) is 5.69 Å². The van der Waals surface area contributed by atoms with Gasteiger partial charge in [-0.3, -0.25) is 14.6 Å². The first kappa shape index (κ1) is 20.3. The third-order valence-electron chi connectivity index (χ3n) is 6.40. The fourth-order valence-electron chi connectivity index (χ4n) is 4.35. The van der Waals surface area contributed by atoms with Gasteiger partial charge in [0.1, 0.15) is 5.82 Å². The lowest BCUT2D eigenvalue weighted by molar-refractivity contribution is -0.182. The number of anilines is 1. The van der Waals surface area contributed by atoms with Crippen molar-refractivity contribution in [2.75, 3.05) is 37.8 Å². The second-order valence-corrected chi connectivity index (χ2v) is 8.41. The van der Waals surface area contributed by atoms with Crippen molar-refractivity contribution < 1.29 is 18.8 Å². The molecule has 2 aromatic rings. The molecule has 0 aromatic carbocycles. The fourth-order valence-corrected chi connectivity index (χ4v) is 4.35. The Morgan fingerprint density at radius 2 is 2.00 bits per heavy atom. The summed E-state index contributed by atoms with van der Waals surface area (Å²) in [5.41, 5.74) is 2.04. The minimum atomic E-state index is -0.360. The Balaban J connectivity index is 1.23. The van der Waals surface area contributed by atoms with Crippen LogP contribution in [0.15, 0.2) is 24.5 Å². The van der Waals surface area contributed by atoms with Crippen LogP contribution >= 0.6 is 0 Å². The highest BCUT2D eigenvalue weighted by Gasteiger charge is 2.37. The number of nitrogens with zero attached hydrogens (tertiary/aromatic N) is 5. The third kappa shape index (κ3) is 3.99. The quantitative estimate of drug-likeness (QED) is 0.742. The summed E-state index contributed by atoms with van der Waals surface area (Å²) >= 11 is 0. The van der Waals surface area contributed by atoms with E-state index in [1.54, 1.807) is 19.3 Å². The summed E-state index contributed by atoms with van der Waals surface area (Å²) in [5.74, 6) is 0.534. The van der Waals surface area contributed by atoms with Crippen LogP contribution in [0.3, 0.4) is 0 Å². The Kier molecular flexibility index (Phi) is 5.54. The molecule has 3 aliphatic rings. The average Bonchev–Trinajstić information content (AvgIpc) is 3.24. The van der Waals surface area contributed by atoms with Crippen LogP contribution in [0.5, 0.6) is 0 Å². The number of halogens is 1. The molecule has 5 rings (SSSR count). The van der Waals surface area contributed by atoms with E-state index in [4.69, 9.17) is 14.6 Å². The van der Waals surface area contributed by atoms with Gasteiger partial charge < -0.3 is 9.64 Å². The maximum atomic E-state index is 14.0. The Morgan fingerprint density at radius 3 is 2.71 bits per heavy atom. The first-order valence-electron chi connectivity index (χ1n) is 10.8. The van der Waals surface area contributed by atoms with E-state index in [9.17, 15) is 9.18 Å². The van der Waals surface area contributed by atoms with Crippen LogP contribution in [-0.4, -0.2) is 58.8 Å². The molecule has 3 saturated heterocycles. The van der Waals surface area contributed by atoms with Crippen molar-refractivity contribution in [2.24, 2.45) is 5.92 Å². The molecule has 9 heteroatoms. The Hall–Kier alpha value is -2.65. The van der Waals surface area contributed by atoms with Crippen molar-refractivity contribution in [3.05, 3.63) is 47.3 Å². The molecule has 3 aliphatic heterocycles. The smallest absolute Gasteiger partial charge is 0.249 e. The molecule has 1 atom stereocenters. The fraction of sp³-hybridized carbons (Fsp3) is 0.545. The van der Waals surface area contributed by atoms with E-state index >= 15 is 0 Å². The number of hydrogen-bond donors (Lipinski definition) is 0. The predicted octanol–water partition coefficient (Wildman–Crippen LogP) is 2.55. The summed E-state index contributed by atoms with van der Waals surface area (Å²) in [4.78, 5) is 34.2. The van der Waals surface area contributed by atoms with Crippen LogP contribution < -0.4 is 4.90 Å². The highest BCUT2D eigenvalue weighted by molar-refractivity contribution is 5.79. The van der Waals surface area contributed by atoms with E-state index in [1.165, 1.54) is 11.1 Å². The van der Waals surface area contributed by atoms with E-state index in [1.807, 2.05) is 6.07 Å². The number of aryl methyl sites for hydroxylation is 1. The van der Waals surface area contributed by atoms with Crippen molar-refractivity contribution in [1.29, 1.82) is 0 Å². The van der Waals surface area contributed by atoms with Gasteiger partial charge >= 0.3 is 0 Å². The topological polar surface area (TPSA) is 80.7 Å². The van der Waals surface area contributed by atoms with Crippen LogP contribution in [0, 0.1) is 18.7 Å². The van der Waals surface area contributed by atoms with Gasteiger partial charge in [0.05, 0.1) is 37.3 Å². The molecule has 0 spiro atoms. The number of pyridine rings is 1. The second kappa shape index (κ2) is 8.47. The number of amides is 1. The van der Waals surface area contributed by atoms with Gasteiger partial charge in [0.15, 0.2) is 0 Å². The van der Waals surface area contributed by atoms with E-state index in [0.29, 0.717) is 75.3 Å². The standard InChI is InChI=1S/C22H26FN5O3/c1-14-18(23)10-16(11-25-14)20-5-9-31-28(20)21(29)15-3-7-27(8-4-15)22-24-6-2-19(26-22)17-12-30-13-17/h2,6,10-11,15,17,20H,3-5,7-9,12-13H2,1H3/t20-/m0/s1. The molecule has 1 amide bonds. The number of hydroxylamine groups is 2. The zero-order valence-corrected chi connectivity index (χ0v) is 17.5. The third-order valence-corrected chi connectivity index (χ3v) is 6.40. The molecule has 31 heavy (non-hydrogen) atoms. The van der Waals surface area contributed by atoms with Gasteiger partial charge in [-0.05, 0) is 37.5 Å². The number of aromatic nitrogens is 3. The number of carbonyl (C=O) groups is 1. The molecular weight excluding hydrogens is 401 g/mol. The Morgan fingerprint density at radius 1 is 1.19 bits per heavy atom. The maximum Gasteiger partial charge on any atom is 0.249 e. The lowest BCUT2D eigenvalue weighted by atomic mass is 9.95. The van der Waals surface area contributed by atoms with Crippen molar-refractivity contribution in [1.82, 2.24) is 20.0 Å². The number of hydrogen-bond acceptors (Lipinski definition) is 7. The summed E-state index contributed by atoms with van der Waals surface area (Å²) in [5, 5.41) is 1.44. The van der Waals surface area contributed by atoms with E-state index in [2.05, 4.69) is 14.9 Å². The van der Waals surface area contributed by atoms with E-state index < -0.39 is 0 Å². The normalized spacial score (nSPS) is 22.6. The maximum absolute atomic E-state index is 14.0. The Bertz CT molecular complexity index is 962. The number of ether oxygens (including phenoxy) is 1. The molecule has 3 fully saturated rings. The highest BCUT2D eigenvalue weighted by atomic mass is 19.1. The molecular formula is C22H26FN5O3. The summed E-state index contributed by atoms with van der Waals surface area (Å²) in [7, 11) is 0. The molecule has 0 saturated carbocycles. The first-order valence-corrected chi connectivity index (χ1v) is 10.8. The van der Waals surface area contributed by atoms with Gasteiger partial charge in [-0.25, -0.2) is 19.4 Å². The summed E-state index contributed by atoms with van der Waals surface area (Å²) in [6, 6.07) is 3.11. The molecule has 0 unspecified atom stereocenters. The van der Waals surface area contributed by atoms with Crippen LogP contribution in [0.1, 0.15) is 48.2 Å². The van der Waals surface area contributed by atoms with Crippen molar-refractivity contribution >= 4 is 11.9 Å². The molecule has 2 aromatic heterocycles. The number of rotatable bonds is 4. The van der Waals surface area contributed by atoms with Gasteiger partial charge in [0.2, 0.25) is 11.9 Å². The van der Waals surface area contributed by atoms with Crippen LogP contribution in [0.4, 0.5) is 10.3 Å².